The molecule has 0 unspecified atom stereocenters. The van der Waals surface area contributed by atoms with Crippen molar-refractivity contribution in [3.63, 3.8) is 0 Å². The molecule has 3 rings (SSSR count). The molecule has 2 aromatic rings. The van der Waals surface area contributed by atoms with E-state index in [2.05, 4.69) is 39.4 Å². The summed E-state index contributed by atoms with van der Waals surface area (Å²) >= 11 is 0. The van der Waals surface area contributed by atoms with Crippen LogP contribution in [0.1, 0.15) is 29.9 Å². The van der Waals surface area contributed by atoms with Gasteiger partial charge in [0, 0.05) is 19.3 Å². The molecule has 21 heavy (non-hydrogen) atoms. The van der Waals surface area contributed by atoms with E-state index in [1.54, 1.807) is 6.20 Å². The molecule has 0 fully saturated rings. The van der Waals surface area contributed by atoms with Crippen molar-refractivity contribution < 1.29 is 4.79 Å². The van der Waals surface area contributed by atoms with E-state index < -0.39 is 0 Å². The van der Waals surface area contributed by atoms with Crippen molar-refractivity contribution in [2.75, 3.05) is 18.4 Å². The van der Waals surface area contributed by atoms with Gasteiger partial charge in [-0.3, -0.25) is 4.79 Å². The molecule has 6 nitrogen and oxygen atoms in total. The van der Waals surface area contributed by atoms with Crippen molar-refractivity contribution in [1.29, 1.82) is 0 Å². The zero-order valence-corrected chi connectivity index (χ0v) is 12.2. The van der Waals surface area contributed by atoms with Crippen LogP contribution in [0, 0.1) is 5.92 Å². The summed E-state index contributed by atoms with van der Waals surface area (Å²) in [6.07, 6.45) is 1.73. The van der Waals surface area contributed by atoms with Gasteiger partial charge in [0.15, 0.2) is 5.78 Å². The van der Waals surface area contributed by atoms with E-state index in [1.165, 1.54) is 0 Å². The predicted molar refractivity (Wildman–Crippen MR) is 81.2 cm³/mol. The van der Waals surface area contributed by atoms with Gasteiger partial charge in [0.05, 0.1) is 23.6 Å². The second kappa shape index (κ2) is 5.65. The Labute approximate surface area is 123 Å². The van der Waals surface area contributed by atoms with Crippen LogP contribution in [0.15, 0.2) is 18.3 Å². The molecule has 0 radical (unpaired) electrons. The number of ketones is 1. The van der Waals surface area contributed by atoms with Crippen LogP contribution in [0.4, 0.5) is 5.95 Å². The highest BCUT2D eigenvalue weighted by Crippen LogP contribution is 2.22. The maximum Gasteiger partial charge on any atom is 0.223 e. The fraction of sp³-hybridized carbons (Fsp3) is 0.400. The number of fused-ring (bicyclic) bond motifs is 1. The van der Waals surface area contributed by atoms with Gasteiger partial charge >= 0.3 is 0 Å². The minimum absolute atomic E-state index is 0.0923. The predicted octanol–water partition coefficient (Wildman–Crippen LogP) is 1.83. The van der Waals surface area contributed by atoms with Gasteiger partial charge in [0.25, 0.3) is 0 Å². The molecule has 0 aromatic carbocycles. The molecule has 2 aromatic heterocycles. The second-order valence-corrected chi connectivity index (χ2v) is 5.65. The van der Waals surface area contributed by atoms with Gasteiger partial charge < -0.3 is 15.6 Å². The number of nitrogens with zero attached hydrogens (tertiary/aromatic N) is 2. The summed E-state index contributed by atoms with van der Waals surface area (Å²) in [5, 5.41) is 6.29. The summed E-state index contributed by atoms with van der Waals surface area (Å²) in [6.45, 7) is 6.19. The molecule has 0 atom stereocenters. The number of H-pyrrole nitrogens is 1. The summed E-state index contributed by atoms with van der Waals surface area (Å²) in [5.74, 6) is 1.23. The Hall–Kier alpha value is -2.21. The summed E-state index contributed by atoms with van der Waals surface area (Å²) in [7, 11) is 0. The Kier molecular flexibility index (Phi) is 3.70. The molecule has 3 heterocycles. The third kappa shape index (κ3) is 2.95. The molecular formula is C15H19N5O. The Balaban J connectivity index is 1.87. The van der Waals surface area contributed by atoms with Crippen LogP contribution in [0.3, 0.4) is 0 Å². The zero-order chi connectivity index (χ0) is 14.8. The average Bonchev–Trinajstić information content (AvgIpc) is 2.91. The van der Waals surface area contributed by atoms with Gasteiger partial charge in [-0.2, -0.15) is 0 Å². The first kappa shape index (κ1) is 13.8. The van der Waals surface area contributed by atoms with Gasteiger partial charge in [-0.1, -0.05) is 13.8 Å². The standard InChI is InChI=1S/C15H19N5O/c1-9(2)6-18-15-17-4-3-11(20-15)12-5-10-7-16-8-13(21)14(10)19-12/h3-5,9,16,19H,6-8H2,1-2H3,(H,17,18,20). The van der Waals surface area contributed by atoms with E-state index in [1.807, 2.05) is 12.1 Å². The van der Waals surface area contributed by atoms with Crippen molar-refractivity contribution in [2.45, 2.75) is 20.4 Å². The van der Waals surface area contributed by atoms with Crippen LogP contribution in [-0.2, 0) is 6.54 Å². The largest absolute Gasteiger partial charge is 0.354 e. The molecular weight excluding hydrogens is 266 g/mol. The molecule has 110 valence electrons. The number of carbonyl (C=O) groups is 1. The number of carbonyl (C=O) groups excluding carboxylic acids is 1. The first-order valence-electron chi connectivity index (χ1n) is 7.16. The van der Waals surface area contributed by atoms with Gasteiger partial charge in [0.1, 0.15) is 0 Å². The summed E-state index contributed by atoms with van der Waals surface area (Å²) in [4.78, 5) is 23.7. The van der Waals surface area contributed by atoms with Crippen molar-refractivity contribution in [1.82, 2.24) is 20.3 Å². The lowest BCUT2D eigenvalue weighted by atomic mass is 10.1. The highest BCUT2D eigenvalue weighted by molar-refractivity contribution is 5.99. The van der Waals surface area contributed by atoms with E-state index in [-0.39, 0.29) is 5.78 Å². The van der Waals surface area contributed by atoms with Crippen molar-refractivity contribution in [2.24, 2.45) is 5.92 Å². The smallest absolute Gasteiger partial charge is 0.223 e. The fourth-order valence-electron chi connectivity index (χ4n) is 2.31. The molecule has 3 N–H and O–H groups in total. The lowest BCUT2D eigenvalue weighted by Crippen LogP contribution is -2.29. The Morgan fingerprint density at radius 1 is 1.38 bits per heavy atom. The monoisotopic (exact) mass is 285 g/mol. The Morgan fingerprint density at radius 3 is 3.00 bits per heavy atom. The molecule has 1 aliphatic rings. The topological polar surface area (TPSA) is 82.7 Å². The number of aromatic nitrogens is 3. The number of rotatable bonds is 4. The van der Waals surface area contributed by atoms with Gasteiger partial charge in [-0.15, -0.1) is 0 Å². The van der Waals surface area contributed by atoms with Crippen molar-refractivity contribution >= 4 is 11.7 Å². The molecule has 0 spiro atoms. The first-order chi connectivity index (χ1) is 10.1. The van der Waals surface area contributed by atoms with Crippen LogP contribution < -0.4 is 10.6 Å². The highest BCUT2D eigenvalue weighted by Gasteiger charge is 2.20. The maximum atomic E-state index is 11.8. The molecule has 0 saturated heterocycles. The lowest BCUT2D eigenvalue weighted by molar-refractivity contribution is 0.0978. The van der Waals surface area contributed by atoms with Crippen molar-refractivity contribution in [3.8, 4) is 11.4 Å². The van der Waals surface area contributed by atoms with E-state index in [4.69, 9.17) is 0 Å². The molecule has 6 heteroatoms. The Morgan fingerprint density at radius 2 is 2.24 bits per heavy atom. The number of nitrogens with one attached hydrogen (secondary N) is 3. The molecule has 0 saturated carbocycles. The van der Waals surface area contributed by atoms with Crippen molar-refractivity contribution in [3.05, 3.63) is 29.6 Å². The van der Waals surface area contributed by atoms with E-state index in [0.717, 1.165) is 23.5 Å². The van der Waals surface area contributed by atoms with Gasteiger partial charge in [0.2, 0.25) is 5.95 Å². The molecule has 1 aliphatic heterocycles. The van der Waals surface area contributed by atoms with Crippen LogP contribution in [0.25, 0.3) is 11.4 Å². The normalized spacial score (nSPS) is 14.3. The average molecular weight is 285 g/mol. The summed E-state index contributed by atoms with van der Waals surface area (Å²) in [5.41, 5.74) is 3.33. The number of Topliss-reactive ketones (excluding diaryl/α,β-unsaturated/α-hetero) is 1. The molecule has 0 amide bonds. The van der Waals surface area contributed by atoms with Gasteiger partial charge in [-0.05, 0) is 23.6 Å². The van der Waals surface area contributed by atoms with Crippen LogP contribution in [0.5, 0.6) is 0 Å². The molecule has 0 aliphatic carbocycles. The molecule has 0 bridgehead atoms. The number of aromatic amines is 1. The number of hydrogen-bond donors (Lipinski definition) is 3. The quantitative estimate of drug-likeness (QED) is 0.798. The lowest BCUT2D eigenvalue weighted by Gasteiger charge is -2.10. The first-order valence-corrected chi connectivity index (χ1v) is 7.16. The number of hydrogen-bond acceptors (Lipinski definition) is 5. The van der Waals surface area contributed by atoms with E-state index in [0.29, 0.717) is 30.6 Å². The third-order valence-electron chi connectivity index (χ3n) is 3.38. The van der Waals surface area contributed by atoms with Crippen LogP contribution in [0.2, 0.25) is 0 Å². The zero-order valence-electron chi connectivity index (χ0n) is 12.2. The minimum atomic E-state index is 0.0923. The van der Waals surface area contributed by atoms with Crippen LogP contribution >= 0.6 is 0 Å². The number of anilines is 1. The SMILES string of the molecule is CC(C)CNc1nccc(-c2cc3c([nH]2)C(=O)CNC3)n1. The summed E-state index contributed by atoms with van der Waals surface area (Å²) < 4.78 is 0. The van der Waals surface area contributed by atoms with Crippen LogP contribution in [-0.4, -0.2) is 33.8 Å². The second-order valence-electron chi connectivity index (χ2n) is 5.65. The maximum absolute atomic E-state index is 11.8. The van der Waals surface area contributed by atoms with E-state index in [9.17, 15) is 4.79 Å². The minimum Gasteiger partial charge on any atom is -0.354 e. The summed E-state index contributed by atoms with van der Waals surface area (Å²) in [6, 6.07) is 3.82. The fourth-order valence-corrected chi connectivity index (χ4v) is 2.31. The Bertz CT molecular complexity index is 662. The van der Waals surface area contributed by atoms with Gasteiger partial charge in [-0.25, -0.2) is 9.97 Å². The highest BCUT2D eigenvalue weighted by atomic mass is 16.1. The third-order valence-corrected chi connectivity index (χ3v) is 3.38. The van der Waals surface area contributed by atoms with E-state index >= 15 is 0 Å².